The number of hydrogen-bond acceptors (Lipinski definition) is 4. The summed E-state index contributed by atoms with van der Waals surface area (Å²) in [6.45, 7) is 0.146. The lowest BCUT2D eigenvalue weighted by Crippen LogP contribution is -2.41. The predicted octanol–water partition coefficient (Wildman–Crippen LogP) is 1.91. The molecule has 2 heterocycles. The second-order valence-electron chi connectivity index (χ2n) is 5.97. The fourth-order valence-corrected chi connectivity index (χ4v) is 3.19. The Kier molecular flexibility index (Phi) is 3.76. The van der Waals surface area contributed by atoms with Crippen molar-refractivity contribution in [3.63, 3.8) is 0 Å². The number of carbonyl (C=O) groups is 1. The second-order valence-corrected chi connectivity index (χ2v) is 5.97. The van der Waals surface area contributed by atoms with Gasteiger partial charge in [0.1, 0.15) is 17.9 Å². The van der Waals surface area contributed by atoms with Gasteiger partial charge in [0, 0.05) is 6.54 Å². The van der Waals surface area contributed by atoms with Crippen molar-refractivity contribution in [2.24, 2.45) is 0 Å². The molecule has 1 amide bonds. The zero-order valence-electron chi connectivity index (χ0n) is 13.4. The lowest BCUT2D eigenvalue weighted by Gasteiger charge is -2.29. The van der Waals surface area contributed by atoms with Crippen LogP contribution in [0.5, 0.6) is 0 Å². The Bertz CT molecular complexity index is 1030. The number of aryl methyl sites for hydroxylation is 1. The Hall–Kier alpha value is -3.09. The summed E-state index contributed by atoms with van der Waals surface area (Å²) in [4.78, 5) is 26.6. The Balaban J connectivity index is 1.68. The van der Waals surface area contributed by atoms with E-state index in [4.69, 9.17) is 0 Å². The van der Waals surface area contributed by atoms with Gasteiger partial charge in [-0.3, -0.25) is 9.59 Å². The van der Waals surface area contributed by atoms with Crippen LogP contribution in [-0.4, -0.2) is 27.4 Å². The number of rotatable bonds is 2. The standard InChI is InChI=1S/C18H15FN4O2/c19-14-8-3-5-12-6-4-10-22(17(12)14)16(24)11-23-18(25)13-7-1-2-9-15(13)20-21-23/h1-3,5,7-9H,4,6,10-11H2. The lowest BCUT2D eigenvalue weighted by atomic mass is 10.0. The summed E-state index contributed by atoms with van der Waals surface area (Å²) in [5, 5.41) is 8.20. The van der Waals surface area contributed by atoms with Crippen LogP contribution >= 0.6 is 0 Å². The molecular formula is C18H15FN4O2. The second kappa shape index (κ2) is 6.08. The Morgan fingerprint density at radius 3 is 2.88 bits per heavy atom. The van der Waals surface area contributed by atoms with Crippen LogP contribution < -0.4 is 10.5 Å². The molecule has 0 N–H and O–H groups in total. The van der Waals surface area contributed by atoms with E-state index in [1.165, 1.54) is 11.0 Å². The number of carbonyl (C=O) groups excluding carboxylic acids is 1. The van der Waals surface area contributed by atoms with E-state index in [0.29, 0.717) is 23.1 Å². The number of fused-ring (bicyclic) bond motifs is 2. The van der Waals surface area contributed by atoms with Crippen molar-refractivity contribution in [2.75, 3.05) is 11.4 Å². The summed E-state index contributed by atoms with van der Waals surface area (Å²) in [6, 6.07) is 11.6. The highest BCUT2D eigenvalue weighted by Crippen LogP contribution is 2.30. The zero-order valence-corrected chi connectivity index (χ0v) is 13.4. The van der Waals surface area contributed by atoms with Gasteiger partial charge in [-0.25, -0.2) is 9.07 Å². The van der Waals surface area contributed by atoms with E-state index < -0.39 is 5.82 Å². The van der Waals surface area contributed by atoms with Crippen molar-refractivity contribution in [1.82, 2.24) is 15.0 Å². The molecule has 3 aromatic rings. The molecule has 0 bridgehead atoms. The van der Waals surface area contributed by atoms with Crippen LogP contribution in [0, 0.1) is 5.82 Å². The molecule has 126 valence electrons. The minimum atomic E-state index is -0.428. The monoisotopic (exact) mass is 338 g/mol. The fraction of sp³-hybridized carbons (Fsp3) is 0.222. The molecule has 1 aromatic heterocycles. The van der Waals surface area contributed by atoms with Gasteiger partial charge in [0.2, 0.25) is 5.91 Å². The highest BCUT2D eigenvalue weighted by molar-refractivity contribution is 5.94. The summed E-state index contributed by atoms with van der Waals surface area (Å²) in [5.41, 5.74) is 1.20. The van der Waals surface area contributed by atoms with Crippen molar-refractivity contribution in [1.29, 1.82) is 0 Å². The molecule has 0 saturated heterocycles. The molecule has 4 rings (SSSR count). The Morgan fingerprint density at radius 2 is 2.00 bits per heavy atom. The van der Waals surface area contributed by atoms with Crippen LogP contribution in [-0.2, 0) is 17.8 Å². The average molecular weight is 338 g/mol. The molecule has 7 heteroatoms. The van der Waals surface area contributed by atoms with E-state index in [2.05, 4.69) is 10.3 Å². The van der Waals surface area contributed by atoms with E-state index in [9.17, 15) is 14.0 Å². The van der Waals surface area contributed by atoms with E-state index in [0.717, 1.165) is 23.1 Å². The van der Waals surface area contributed by atoms with Crippen LogP contribution in [0.15, 0.2) is 47.3 Å². The SMILES string of the molecule is O=C(Cn1nnc2ccccc2c1=O)N1CCCc2cccc(F)c21. The molecule has 0 atom stereocenters. The highest BCUT2D eigenvalue weighted by atomic mass is 19.1. The number of para-hydroxylation sites is 1. The molecule has 1 aliphatic heterocycles. The third kappa shape index (κ3) is 2.67. The van der Waals surface area contributed by atoms with E-state index in [1.807, 2.05) is 6.07 Å². The van der Waals surface area contributed by atoms with Crippen LogP contribution in [0.25, 0.3) is 10.9 Å². The summed E-state index contributed by atoms with van der Waals surface area (Å²) in [6.07, 6.45) is 1.48. The number of halogens is 1. The van der Waals surface area contributed by atoms with Crippen LogP contribution in [0.1, 0.15) is 12.0 Å². The molecule has 0 aliphatic carbocycles. The molecule has 0 spiro atoms. The molecule has 0 unspecified atom stereocenters. The Labute approximate surface area is 142 Å². The first-order valence-electron chi connectivity index (χ1n) is 8.05. The van der Waals surface area contributed by atoms with Crippen molar-refractivity contribution < 1.29 is 9.18 Å². The lowest BCUT2D eigenvalue weighted by molar-refractivity contribution is -0.119. The molecule has 2 aromatic carbocycles. The maximum atomic E-state index is 14.2. The first-order valence-corrected chi connectivity index (χ1v) is 8.05. The Morgan fingerprint density at radius 1 is 1.16 bits per heavy atom. The number of nitrogens with zero attached hydrogens (tertiary/aromatic N) is 4. The molecule has 25 heavy (non-hydrogen) atoms. The van der Waals surface area contributed by atoms with Crippen molar-refractivity contribution in [3.05, 3.63) is 64.2 Å². The largest absolute Gasteiger partial charge is 0.308 e. The van der Waals surface area contributed by atoms with Gasteiger partial charge in [0.05, 0.1) is 11.1 Å². The summed E-state index contributed by atoms with van der Waals surface area (Å²) in [5.74, 6) is -0.805. The minimum absolute atomic E-state index is 0.273. The molecule has 6 nitrogen and oxygen atoms in total. The summed E-state index contributed by atoms with van der Waals surface area (Å²) >= 11 is 0. The molecule has 1 aliphatic rings. The molecular weight excluding hydrogens is 323 g/mol. The van der Waals surface area contributed by atoms with Crippen molar-refractivity contribution in [3.8, 4) is 0 Å². The topological polar surface area (TPSA) is 68.1 Å². The van der Waals surface area contributed by atoms with Crippen molar-refractivity contribution >= 4 is 22.5 Å². The molecule has 0 fully saturated rings. The van der Waals surface area contributed by atoms with Gasteiger partial charge in [0.15, 0.2) is 0 Å². The van der Waals surface area contributed by atoms with Crippen LogP contribution in [0.2, 0.25) is 0 Å². The minimum Gasteiger partial charge on any atom is -0.308 e. The third-order valence-corrected chi connectivity index (χ3v) is 4.38. The van der Waals surface area contributed by atoms with Gasteiger partial charge < -0.3 is 4.90 Å². The predicted molar refractivity (Wildman–Crippen MR) is 90.9 cm³/mol. The maximum Gasteiger partial charge on any atom is 0.278 e. The summed E-state index contributed by atoms with van der Waals surface area (Å²) < 4.78 is 15.2. The smallest absolute Gasteiger partial charge is 0.278 e. The van der Waals surface area contributed by atoms with E-state index in [-0.39, 0.29) is 18.0 Å². The van der Waals surface area contributed by atoms with Gasteiger partial charge in [-0.15, -0.1) is 5.10 Å². The average Bonchev–Trinajstić information content (AvgIpc) is 2.64. The van der Waals surface area contributed by atoms with Gasteiger partial charge in [-0.05, 0) is 36.6 Å². The first-order chi connectivity index (χ1) is 12.1. The zero-order chi connectivity index (χ0) is 17.4. The number of benzene rings is 2. The van der Waals surface area contributed by atoms with Crippen LogP contribution in [0.3, 0.4) is 0 Å². The van der Waals surface area contributed by atoms with Gasteiger partial charge >= 0.3 is 0 Å². The maximum absolute atomic E-state index is 14.2. The number of amides is 1. The first kappa shape index (κ1) is 15.4. The fourth-order valence-electron chi connectivity index (χ4n) is 3.19. The summed E-state index contributed by atoms with van der Waals surface area (Å²) in [7, 11) is 0. The number of aromatic nitrogens is 3. The van der Waals surface area contributed by atoms with Gasteiger partial charge in [-0.1, -0.05) is 29.5 Å². The number of hydrogen-bond donors (Lipinski definition) is 0. The highest BCUT2D eigenvalue weighted by Gasteiger charge is 2.26. The third-order valence-electron chi connectivity index (χ3n) is 4.38. The van der Waals surface area contributed by atoms with E-state index in [1.54, 1.807) is 30.3 Å². The molecule has 0 radical (unpaired) electrons. The van der Waals surface area contributed by atoms with Crippen molar-refractivity contribution in [2.45, 2.75) is 19.4 Å². The number of anilines is 1. The van der Waals surface area contributed by atoms with Gasteiger partial charge in [-0.2, -0.15) is 0 Å². The van der Waals surface area contributed by atoms with Crippen LogP contribution in [0.4, 0.5) is 10.1 Å². The normalized spacial score (nSPS) is 13.7. The van der Waals surface area contributed by atoms with Gasteiger partial charge in [0.25, 0.3) is 5.56 Å². The molecule has 0 saturated carbocycles. The van der Waals surface area contributed by atoms with E-state index >= 15 is 0 Å². The quantitative estimate of drug-likeness (QED) is 0.716.